The largest absolute Gasteiger partial charge is 0.287 e. The lowest BCUT2D eigenvalue weighted by molar-refractivity contribution is 0.239. The summed E-state index contributed by atoms with van der Waals surface area (Å²) in [5, 5.41) is 14.3. The van der Waals surface area contributed by atoms with Crippen LogP contribution < -0.4 is 0 Å². The molecule has 5 nitrogen and oxygen atoms in total. The summed E-state index contributed by atoms with van der Waals surface area (Å²) in [6.45, 7) is 2.78. The van der Waals surface area contributed by atoms with E-state index >= 15 is 0 Å². The second-order valence-corrected chi connectivity index (χ2v) is 7.62. The van der Waals surface area contributed by atoms with Crippen molar-refractivity contribution in [2.24, 2.45) is 0 Å². The van der Waals surface area contributed by atoms with Gasteiger partial charge in [0.05, 0.1) is 13.1 Å². The van der Waals surface area contributed by atoms with Gasteiger partial charge in [-0.05, 0) is 45.1 Å². The van der Waals surface area contributed by atoms with Crippen LogP contribution in [0, 0.1) is 5.82 Å². The predicted molar refractivity (Wildman–Crippen MR) is 107 cm³/mol. The van der Waals surface area contributed by atoms with Crippen LogP contribution in [-0.4, -0.2) is 25.1 Å². The van der Waals surface area contributed by atoms with Crippen molar-refractivity contribution >= 4 is 11.3 Å². The summed E-state index contributed by atoms with van der Waals surface area (Å²) in [5.41, 5.74) is 2.21. The van der Waals surface area contributed by atoms with Crippen molar-refractivity contribution in [1.82, 2.24) is 25.1 Å². The number of hydrogen-bond donors (Lipinski definition) is 0. The average molecular weight is 393 g/mol. The number of nitrogens with zero attached hydrogens (tertiary/aromatic N) is 5. The molecule has 7 heteroatoms. The fraction of sp³-hybridized carbons (Fsp3) is 0.190. The van der Waals surface area contributed by atoms with Gasteiger partial charge in [0.15, 0.2) is 5.82 Å². The Morgan fingerprint density at radius 1 is 0.857 bits per heavy atom. The molecule has 2 heterocycles. The third kappa shape index (κ3) is 4.88. The van der Waals surface area contributed by atoms with Crippen molar-refractivity contribution in [3.8, 4) is 0 Å². The van der Waals surface area contributed by atoms with Gasteiger partial charge in [0.1, 0.15) is 5.82 Å². The van der Waals surface area contributed by atoms with Gasteiger partial charge in [0.25, 0.3) is 0 Å². The highest BCUT2D eigenvalue weighted by Crippen LogP contribution is 2.17. The van der Waals surface area contributed by atoms with E-state index < -0.39 is 0 Å². The first-order valence-corrected chi connectivity index (χ1v) is 9.92. The Balaban J connectivity index is 1.51. The molecule has 0 bridgehead atoms. The first-order valence-electron chi connectivity index (χ1n) is 9.04. The molecule has 142 valence electrons. The molecule has 0 N–H and O–H groups in total. The molecular formula is C21H20FN5S. The van der Waals surface area contributed by atoms with Gasteiger partial charge in [-0.25, -0.2) is 9.07 Å². The van der Waals surface area contributed by atoms with Crippen LogP contribution >= 0.6 is 11.3 Å². The van der Waals surface area contributed by atoms with Crippen LogP contribution in [-0.2, 0) is 26.2 Å². The molecule has 28 heavy (non-hydrogen) atoms. The highest BCUT2D eigenvalue weighted by Gasteiger charge is 2.14. The van der Waals surface area contributed by atoms with Gasteiger partial charge >= 0.3 is 0 Å². The molecule has 0 radical (unpaired) electrons. The molecule has 0 aliphatic heterocycles. The second-order valence-electron chi connectivity index (χ2n) is 6.59. The molecule has 0 saturated carbocycles. The highest BCUT2D eigenvalue weighted by atomic mass is 32.1. The van der Waals surface area contributed by atoms with E-state index in [1.54, 1.807) is 28.2 Å². The summed E-state index contributed by atoms with van der Waals surface area (Å²) >= 11 is 1.75. The standard InChI is InChI=1S/C21H20FN5S/c22-19-10-8-18(9-11-19)14-27-21(23-24-25-27)16-26(15-20-7-4-12-28-20)13-17-5-2-1-3-6-17/h1-12H,13-16H2. The Hall–Kier alpha value is -2.90. The van der Waals surface area contributed by atoms with Crippen molar-refractivity contribution in [2.75, 3.05) is 0 Å². The molecule has 0 aliphatic rings. The van der Waals surface area contributed by atoms with Crippen LogP contribution in [0.25, 0.3) is 0 Å². The van der Waals surface area contributed by atoms with Crippen molar-refractivity contribution < 1.29 is 4.39 Å². The Morgan fingerprint density at radius 3 is 2.43 bits per heavy atom. The summed E-state index contributed by atoms with van der Waals surface area (Å²) in [6, 6.07) is 21.0. The summed E-state index contributed by atoms with van der Waals surface area (Å²) in [4.78, 5) is 3.63. The predicted octanol–water partition coefficient (Wildman–Crippen LogP) is 4.12. The highest BCUT2D eigenvalue weighted by molar-refractivity contribution is 7.09. The topological polar surface area (TPSA) is 46.8 Å². The lowest BCUT2D eigenvalue weighted by Gasteiger charge is -2.21. The molecule has 2 aromatic carbocycles. The van der Waals surface area contributed by atoms with Gasteiger partial charge in [0, 0.05) is 18.0 Å². The van der Waals surface area contributed by atoms with Crippen LogP contribution in [0.2, 0.25) is 0 Å². The molecule has 0 aliphatic carbocycles. The van der Waals surface area contributed by atoms with E-state index in [4.69, 9.17) is 0 Å². The molecule has 2 aromatic heterocycles. The summed E-state index contributed by atoms with van der Waals surface area (Å²) < 4.78 is 14.9. The van der Waals surface area contributed by atoms with Crippen molar-refractivity contribution in [1.29, 1.82) is 0 Å². The number of thiophene rings is 1. The van der Waals surface area contributed by atoms with E-state index in [9.17, 15) is 4.39 Å². The minimum atomic E-state index is -0.245. The first kappa shape index (κ1) is 18.5. The minimum Gasteiger partial charge on any atom is -0.287 e. The summed E-state index contributed by atoms with van der Waals surface area (Å²) in [6.07, 6.45) is 0. The molecular weight excluding hydrogens is 373 g/mol. The second kappa shape index (κ2) is 8.86. The quantitative estimate of drug-likeness (QED) is 0.452. The van der Waals surface area contributed by atoms with Crippen LogP contribution in [0.15, 0.2) is 72.1 Å². The van der Waals surface area contributed by atoms with Crippen molar-refractivity contribution in [2.45, 2.75) is 26.2 Å². The average Bonchev–Trinajstić information content (AvgIpc) is 3.37. The van der Waals surface area contributed by atoms with Gasteiger partial charge in [0.2, 0.25) is 0 Å². The first-order chi connectivity index (χ1) is 13.8. The number of rotatable bonds is 8. The summed E-state index contributed by atoms with van der Waals surface area (Å²) in [7, 11) is 0. The number of halogens is 1. The fourth-order valence-electron chi connectivity index (χ4n) is 3.05. The van der Waals surface area contributed by atoms with E-state index in [0.717, 1.165) is 24.5 Å². The Bertz CT molecular complexity index is 983. The zero-order chi connectivity index (χ0) is 19.2. The smallest absolute Gasteiger partial charge is 0.165 e. The van der Waals surface area contributed by atoms with Crippen LogP contribution in [0.4, 0.5) is 4.39 Å². The Kier molecular flexibility index (Phi) is 5.84. The van der Waals surface area contributed by atoms with Crippen LogP contribution in [0.3, 0.4) is 0 Å². The Labute approximate surface area is 167 Å². The van der Waals surface area contributed by atoms with Gasteiger partial charge in [-0.2, -0.15) is 0 Å². The molecule has 4 rings (SSSR count). The van der Waals surface area contributed by atoms with E-state index in [-0.39, 0.29) is 5.82 Å². The Morgan fingerprint density at radius 2 is 1.68 bits per heavy atom. The third-order valence-electron chi connectivity index (χ3n) is 4.43. The molecule has 0 atom stereocenters. The van der Waals surface area contributed by atoms with Crippen molar-refractivity contribution in [3.05, 3.63) is 99.8 Å². The number of benzene rings is 2. The van der Waals surface area contributed by atoms with E-state index in [2.05, 4.69) is 62.2 Å². The van der Waals surface area contributed by atoms with E-state index in [1.807, 2.05) is 6.07 Å². The molecule has 0 amide bonds. The van der Waals surface area contributed by atoms with Crippen LogP contribution in [0.5, 0.6) is 0 Å². The maximum absolute atomic E-state index is 13.2. The molecule has 4 aromatic rings. The van der Waals surface area contributed by atoms with Gasteiger partial charge in [-0.15, -0.1) is 16.4 Å². The van der Waals surface area contributed by atoms with Gasteiger partial charge < -0.3 is 0 Å². The number of hydrogen-bond acceptors (Lipinski definition) is 5. The maximum Gasteiger partial charge on any atom is 0.165 e. The monoisotopic (exact) mass is 393 g/mol. The zero-order valence-electron chi connectivity index (χ0n) is 15.3. The third-order valence-corrected chi connectivity index (χ3v) is 5.29. The molecule has 0 spiro atoms. The zero-order valence-corrected chi connectivity index (χ0v) is 16.1. The van der Waals surface area contributed by atoms with E-state index in [1.165, 1.54) is 22.6 Å². The van der Waals surface area contributed by atoms with Gasteiger partial charge in [-0.3, -0.25) is 4.90 Å². The van der Waals surface area contributed by atoms with Gasteiger partial charge in [-0.1, -0.05) is 48.5 Å². The SMILES string of the molecule is Fc1ccc(Cn2nnnc2CN(Cc2ccccc2)Cc2cccs2)cc1. The molecule has 0 saturated heterocycles. The molecule has 0 unspecified atom stereocenters. The minimum absolute atomic E-state index is 0.245. The molecule has 0 fully saturated rings. The fourth-order valence-corrected chi connectivity index (χ4v) is 3.80. The van der Waals surface area contributed by atoms with Crippen LogP contribution in [0.1, 0.15) is 21.8 Å². The lowest BCUT2D eigenvalue weighted by atomic mass is 10.2. The summed E-state index contributed by atoms with van der Waals surface area (Å²) in [5.74, 6) is 0.544. The van der Waals surface area contributed by atoms with Crippen molar-refractivity contribution in [3.63, 3.8) is 0 Å². The maximum atomic E-state index is 13.2. The lowest BCUT2D eigenvalue weighted by Crippen LogP contribution is -2.24. The van der Waals surface area contributed by atoms with E-state index in [0.29, 0.717) is 13.1 Å². The number of aromatic nitrogens is 4. The normalized spacial score (nSPS) is 11.2. The number of tetrazole rings is 1.